The van der Waals surface area contributed by atoms with E-state index in [2.05, 4.69) is 4.84 Å². The molecule has 0 aliphatic carbocycles. The summed E-state index contributed by atoms with van der Waals surface area (Å²) in [5, 5.41) is 0. The zero-order chi connectivity index (χ0) is 11.3. The lowest BCUT2D eigenvalue weighted by molar-refractivity contribution is 0.140. The van der Waals surface area contributed by atoms with E-state index in [0.29, 0.717) is 17.7 Å². The zero-order valence-corrected chi connectivity index (χ0v) is 8.75. The number of rotatable bonds is 5. The van der Waals surface area contributed by atoms with Gasteiger partial charge in [0.1, 0.15) is 0 Å². The second-order valence-corrected chi connectivity index (χ2v) is 2.89. The Morgan fingerprint density at radius 1 is 1.27 bits per heavy atom. The first-order chi connectivity index (χ1) is 7.24. The molecule has 15 heavy (non-hydrogen) atoms. The van der Waals surface area contributed by atoms with Crippen LogP contribution in [0.25, 0.3) is 0 Å². The van der Waals surface area contributed by atoms with Crippen molar-refractivity contribution in [2.24, 2.45) is 5.90 Å². The minimum absolute atomic E-state index is 0.104. The first kappa shape index (κ1) is 11.7. The lowest BCUT2D eigenvalue weighted by Crippen LogP contribution is -2.06. The van der Waals surface area contributed by atoms with Crippen molar-refractivity contribution < 1.29 is 18.7 Å². The highest BCUT2D eigenvalue weighted by molar-refractivity contribution is 5.44. The normalized spacial score (nSPS) is 10.1. The van der Waals surface area contributed by atoms with Gasteiger partial charge in [0.15, 0.2) is 17.3 Å². The number of methoxy groups -OCH3 is 2. The van der Waals surface area contributed by atoms with Crippen LogP contribution in [0.15, 0.2) is 12.1 Å². The minimum atomic E-state index is -0.436. The average molecular weight is 215 g/mol. The van der Waals surface area contributed by atoms with Crippen LogP contribution in [0.3, 0.4) is 0 Å². The van der Waals surface area contributed by atoms with E-state index in [1.807, 2.05) is 0 Å². The second-order valence-electron chi connectivity index (χ2n) is 2.89. The maximum atomic E-state index is 13.7. The van der Waals surface area contributed by atoms with Gasteiger partial charge in [0.25, 0.3) is 0 Å². The fraction of sp³-hybridized carbons (Fsp3) is 0.400. The Balaban J connectivity index is 3.00. The summed E-state index contributed by atoms with van der Waals surface area (Å²) in [5.41, 5.74) is 0.484. The van der Waals surface area contributed by atoms with Gasteiger partial charge in [-0.25, -0.2) is 10.3 Å². The lowest BCUT2D eigenvalue weighted by Gasteiger charge is -2.11. The molecule has 0 bridgehead atoms. The van der Waals surface area contributed by atoms with E-state index in [9.17, 15) is 4.39 Å². The van der Waals surface area contributed by atoms with E-state index in [1.54, 1.807) is 12.1 Å². The maximum Gasteiger partial charge on any atom is 0.197 e. The fourth-order valence-corrected chi connectivity index (χ4v) is 1.29. The minimum Gasteiger partial charge on any atom is -0.493 e. The summed E-state index contributed by atoms with van der Waals surface area (Å²) in [6, 6.07) is 3.27. The van der Waals surface area contributed by atoms with Crippen molar-refractivity contribution in [2.75, 3.05) is 20.8 Å². The second kappa shape index (κ2) is 5.53. The molecule has 5 heteroatoms. The van der Waals surface area contributed by atoms with Crippen LogP contribution in [0.4, 0.5) is 4.39 Å². The Kier molecular flexibility index (Phi) is 4.33. The van der Waals surface area contributed by atoms with Crippen molar-refractivity contribution in [3.8, 4) is 11.5 Å². The van der Waals surface area contributed by atoms with E-state index in [4.69, 9.17) is 15.4 Å². The summed E-state index contributed by atoms with van der Waals surface area (Å²) in [7, 11) is 2.85. The first-order valence-electron chi connectivity index (χ1n) is 4.45. The van der Waals surface area contributed by atoms with Gasteiger partial charge < -0.3 is 14.3 Å². The molecule has 0 heterocycles. The molecular formula is C10H14FNO3. The van der Waals surface area contributed by atoms with E-state index in [-0.39, 0.29) is 12.4 Å². The number of hydrogen-bond donors (Lipinski definition) is 1. The van der Waals surface area contributed by atoms with Crippen LogP contribution in [0, 0.1) is 5.82 Å². The molecule has 4 nitrogen and oxygen atoms in total. The van der Waals surface area contributed by atoms with Gasteiger partial charge in [-0.1, -0.05) is 6.07 Å². The molecule has 0 aliphatic rings. The molecule has 84 valence electrons. The molecule has 1 aromatic carbocycles. The molecule has 1 aromatic rings. The molecule has 0 spiro atoms. The number of hydrogen-bond acceptors (Lipinski definition) is 4. The number of benzene rings is 1. The van der Waals surface area contributed by atoms with Gasteiger partial charge in [-0.3, -0.25) is 0 Å². The Labute approximate surface area is 87.7 Å². The number of nitrogens with two attached hydrogens (primary N) is 1. The van der Waals surface area contributed by atoms with Crippen LogP contribution < -0.4 is 15.4 Å². The molecule has 0 aliphatic heterocycles. The Morgan fingerprint density at radius 2 is 2.00 bits per heavy atom. The van der Waals surface area contributed by atoms with Gasteiger partial charge in [-0.15, -0.1) is 0 Å². The van der Waals surface area contributed by atoms with Crippen molar-refractivity contribution in [1.82, 2.24) is 0 Å². The summed E-state index contributed by atoms with van der Waals surface area (Å²) in [5.74, 6) is 4.91. The van der Waals surface area contributed by atoms with E-state index in [1.165, 1.54) is 14.2 Å². The SMILES string of the molecule is COc1ccc(CCON)c(F)c1OC. The summed E-state index contributed by atoms with van der Waals surface area (Å²) < 4.78 is 23.6. The fourth-order valence-electron chi connectivity index (χ4n) is 1.29. The van der Waals surface area contributed by atoms with Gasteiger partial charge in [0, 0.05) is 6.42 Å². The van der Waals surface area contributed by atoms with E-state index in [0.717, 1.165) is 0 Å². The van der Waals surface area contributed by atoms with Gasteiger partial charge in [0.05, 0.1) is 20.8 Å². The quantitative estimate of drug-likeness (QED) is 0.752. The summed E-state index contributed by atoms with van der Waals surface area (Å²) in [4.78, 5) is 4.39. The zero-order valence-electron chi connectivity index (χ0n) is 8.75. The molecule has 0 saturated carbocycles. The van der Waals surface area contributed by atoms with Crippen molar-refractivity contribution in [2.45, 2.75) is 6.42 Å². The molecule has 0 atom stereocenters. The molecule has 0 amide bonds. The van der Waals surface area contributed by atoms with Crippen LogP contribution in [0.1, 0.15) is 5.56 Å². The Bertz CT molecular complexity index is 331. The Morgan fingerprint density at radius 3 is 2.53 bits per heavy atom. The molecule has 0 fully saturated rings. The third-order valence-electron chi connectivity index (χ3n) is 2.05. The van der Waals surface area contributed by atoms with Crippen LogP contribution >= 0.6 is 0 Å². The average Bonchev–Trinajstić information content (AvgIpc) is 2.27. The third-order valence-corrected chi connectivity index (χ3v) is 2.05. The van der Waals surface area contributed by atoms with Crippen molar-refractivity contribution in [3.63, 3.8) is 0 Å². The highest BCUT2D eigenvalue weighted by Crippen LogP contribution is 2.31. The van der Waals surface area contributed by atoms with Gasteiger partial charge in [-0.05, 0) is 11.6 Å². The Hall–Kier alpha value is -1.33. The predicted molar refractivity (Wildman–Crippen MR) is 53.3 cm³/mol. The number of ether oxygens (including phenoxy) is 2. The summed E-state index contributed by atoms with van der Waals surface area (Å²) in [6.07, 6.45) is 0.392. The van der Waals surface area contributed by atoms with Gasteiger partial charge in [-0.2, -0.15) is 0 Å². The first-order valence-corrected chi connectivity index (χ1v) is 4.45. The molecule has 1 rings (SSSR count). The standard InChI is InChI=1S/C10H14FNO3/c1-13-8-4-3-7(5-6-15-12)9(11)10(8)14-2/h3-4H,5-6,12H2,1-2H3. The smallest absolute Gasteiger partial charge is 0.197 e. The van der Waals surface area contributed by atoms with Gasteiger partial charge in [0.2, 0.25) is 0 Å². The third kappa shape index (κ3) is 2.57. The predicted octanol–water partition coefficient (Wildman–Crippen LogP) is 1.28. The van der Waals surface area contributed by atoms with E-state index < -0.39 is 5.82 Å². The largest absolute Gasteiger partial charge is 0.493 e. The number of halogens is 1. The van der Waals surface area contributed by atoms with Gasteiger partial charge >= 0.3 is 0 Å². The van der Waals surface area contributed by atoms with Crippen molar-refractivity contribution in [1.29, 1.82) is 0 Å². The highest BCUT2D eigenvalue weighted by Gasteiger charge is 2.14. The van der Waals surface area contributed by atoms with Crippen molar-refractivity contribution >= 4 is 0 Å². The van der Waals surface area contributed by atoms with E-state index >= 15 is 0 Å². The molecular weight excluding hydrogens is 201 g/mol. The van der Waals surface area contributed by atoms with Crippen LogP contribution in [0.2, 0.25) is 0 Å². The van der Waals surface area contributed by atoms with Crippen LogP contribution in [0.5, 0.6) is 11.5 Å². The molecule has 0 saturated heterocycles. The topological polar surface area (TPSA) is 53.7 Å². The lowest BCUT2D eigenvalue weighted by atomic mass is 10.1. The maximum absolute atomic E-state index is 13.7. The summed E-state index contributed by atoms with van der Waals surface area (Å²) in [6.45, 7) is 0.256. The molecule has 0 radical (unpaired) electrons. The molecule has 0 unspecified atom stereocenters. The van der Waals surface area contributed by atoms with Crippen molar-refractivity contribution in [3.05, 3.63) is 23.5 Å². The van der Waals surface area contributed by atoms with Crippen LogP contribution in [-0.2, 0) is 11.3 Å². The van der Waals surface area contributed by atoms with Crippen LogP contribution in [-0.4, -0.2) is 20.8 Å². The molecule has 2 N–H and O–H groups in total. The highest BCUT2D eigenvalue weighted by atomic mass is 19.1. The monoisotopic (exact) mass is 215 g/mol. The summed E-state index contributed by atoms with van der Waals surface area (Å²) >= 11 is 0. The molecule has 0 aromatic heterocycles.